The van der Waals surface area contributed by atoms with Gasteiger partial charge < -0.3 is 14.2 Å². The summed E-state index contributed by atoms with van der Waals surface area (Å²) in [6.45, 7) is 4.03. The Morgan fingerprint density at radius 1 is 1.55 bits per heavy atom. The van der Waals surface area contributed by atoms with Crippen LogP contribution >= 0.6 is 18.9 Å². The van der Waals surface area contributed by atoms with Crippen LogP contribution in [0, 0.1) is 17.2 Å². The van der Waals surface area contributed by atoms with E-state index in [4.69, 9.17) is 9.68 Å². The molecule has 0 bridgehead atoms. The lowest BCUT2D eigenvalue weighted by Crippen LogP contribution is -2.05. The molecule has 2 heterocycles. The molecule has 2 aromatic heterocycles. The van der Waals surface area contributed by atoms with Gasteiger partial charge in [-0.05, 0) is 18.4 Å². The summed E-state index contributed by atoms with van der Waals surface area (Å²) in [5.41, 5.74) is 0.351. The largest absolute Gasteiger partial charge is 0.462 e. The second kappa shape index (κ2) is 5.51. The Bertz CT molecular complexity index is 707. The molecule has 0 aromatic carbocycles. The molecule has 0 amide bonds. The fraction of sp³-hybridized carbons (Fsp3) is 0.333. The molecule has 0 atom stereocenters. The topological polar surface area (TPSA) is 107 Å². The molecule has 8 heteroatoms. The van der Waals surface area contributed by atoms with Crippen molar-refractivity contribution in [1.82, 2.24) is 4.98 Å². The van der Waals surface area contributed by atoms with Gasteiger partial charge in [-0.3, -0.25) is 4.57 Å². The minimum atomic E-state index is -4.44. The van der Waals surface area contributed by atoms with Gasteiger partial charge in [0.15, 0.2) is 10.8 Å². The van der Waals surface area contributed by atoms with Crippen LogP contribution in [0.25, 0.3) is 11.5 Å². The van der Waals surface area contributed by atoms with E-state index < -0.39 is 7.60 Å². The molecule has 0 radical (unpaired) electrons. The highest BCUT2D eigenvalue weighted by molar-refractivity contribution is 7.60. The van der Waals surface area contributed by atoms with E-state index in [-0.39, 0.29) is 16.1 Å². The van der Waals surface area contributed by atoms with E-state index in [1.165, 1.54) is 23.7 Å². The van der Waals surface area contributed by atoms with Gasteiger partial charge in [-0.25, -0.2) is 4.98 Å². The van der Waals surface area contributed by atoms with Crippen LogP contribution < -0.4 is 5.30 Å². The third-order valence-corrected chi connectivity index (χ3v) is 4.52. The van der Waals surface area contributed by atoms with Crippen LogP contribution in [0.3, 0.4) is 0 Å². The van der Waals surface area contributed by atoms with Crippen molar-refractivity contribution in [3.63, 3.8) is 0 Å². The number of nitrogens with zero attached hydrogens (tertiary/aromatic N) is 2. The van der Waals surface area contributed by atoms with Gasteiger partial charge in [-0.2, -0.15) is 5.26 Å². The number of hydrogen-bond donors (Lipinski definition) is 2. The summed E-state index contributed by atoms with van der Waals surface area (Å²) >= 11 is 1.22. The lowest BCUT2D eigenvalue weighted by molar-refractivity contribution is 0.387. The molecule has 6 nitrogen and oxygen atoms in total. The molecule has 2 N–H and O–H groups in total. The predicted molar refractivity (Wildman–Crippen MR) is 74.8 cm³/mol. The Kier molecular flexibility index (Phi) is 4.11. The Morgan fingerprint density at radius 3 is 2.80 bits per heavy atom. The molecular formula is C12H13N2O4PS. The summed E-state index contributed by atoms with van der Waals surface area (Å²) in [6.07, 6.45) is 1.88. The first-order valence-electron chi connectivity index (χ1n) is 5.86. The summed E-state index contributed by atoms with van der Waals surface area (Å²) in [5.74, 6) is 0.376. The van der Waals surface area contributed by atoms with E-state index in [9.17, 15) is 14.4 Å². The average molecular weight is 312 g/mol. The average Bonchev–Trinajstić information content (AvgIpc) is 2.92. The zero-order valence-corrected chi connectivity index (χ0v) is 12.6. The van der Waals surface area contributed by atoms with Crippen LogP contribution in [0.5, 0.6) is 0 Å². The molecule has 0 fully saturated rings. The standard InChI is InChI=1S/C12H13N2O4PS/c1-7(2)5-9-11(14-10(6-13)20-9)12-8(3-4-18-12)19(15,16)17/h3-4,7H,5H2,1-2H3,(H2,15,16,17). The fourth-order valence-electron chi connectivity index (χ4n) is 1.80. The Labute approximate surface area is 119 Å². The Morgan fingerprint density at radius 2 is 2.25 bits per heavy atom. The summed E-state index contributed by atoms with van der Waals surface area (Å²) in [5, 5.41) is 9.01. The SMILES string of the molecule is CC(C)Cc1sc(C#N)nc1-c1occc1P(=O)(O)O. The van der Waals surface area contributed by atoms with Gasteiger partial charge in [-0.1, -0.05) is 13.8 Å². The molecular weight excluding hydrogens is 299 g/mol. The van der Waals surface area contributed by atoms with Gasteiger partial charge in [0.25, 0.3) is 0 Å². The third kappa shape index (κ3) is 3.00. The van der Waals surface area contributed by atoms with Crippen LogP contribution in [-0.2, 0) is 11.0 Å². The van der Waals surface area contributed by atoms with Crippen LogP contribution in [0.1, 0.15) is 23.7 Å². The molecule has 0 aliphatic carbocycles. The van der Waals surface area contributed by atoms with E-state index in [0.29, 0.717) is 18.0 Å². The van der Waals surface area contributed by atoms with Crippen LogP contribution in [0.15, 0.2) is 16.7 Å². The molecule has 0 aliphatic heterocycles. The molecule has 0 spiro atoms. The zero-order chi connectivity index (χ0) is 14.9. The van der Waals surface area contributed by atoms with Crippen molar-refractivity contribution in [2.24, 2.45) is 5.92 Å². The second-order valence-electron chi connectivity index (χ2n) is 4.68. The molecule has 20 heavy (non-hydrogen) atoms. The summed E-state index contributed by atoms with van der Waals surface area (Å²) in [7, 11) is -4.44. The first-order valence-corrected chi connectivity index (χ1v) is 8.29. The van der Waals surface area contributed by atoms with E-state index >= 15 is 0 Å². The quantitative estimate of drug-likeness (QED) is 0.839. The molecule has 0 aliphatic rings. The van der Waals surface area contributed by atoms with Gasteiger partial charge >= 0.3 is 7.60 Å². The molecule has 2 rings (SSSR count). The lowest BCUT2D eigenvalue weighted by Gasteiger charge is -2.06. The van der Waals surface area contributed by atoms with Crippen molar-refractivity contribution in [2.75, 3.05) is 0 Å². The van der Waals surface area contributed by atoms with Crippen LogP contribution in [-0.4, -0.2) is 14.8 Å². The first kappa shape index (κ1) is 14.9. The molecule has 0 saturated carbocycles. The Balaban J connectivity index is 2.58. The van der Waals surface area contributed by atoms with Gasteiger partial charge in [0.05, 0.1) is 6.26 Å². The Hall–Kier alpha value is -1.45. The van der Waals surface area contributed by atoms with Crippen molar-refractivity contribution in [3.8, 4) is 17.5 Å². The zero-order valence-electron chi connectivity index (χ0n) is 10.9. The lowest BCUT2D eigenvalue weighted by atomic mass is 10.1. The molecule has 0 unspecified atom stereocenters. The highest BCUT2D eigenvalue weighted by Crippen LogP contribution is 2.40. The van der Waals surface area contributed by atoms with E-state index in [0.717, 1.165) is 4.88 Å². The van der Waals surface area contributed by atoms with Crippen LogP contribution in [0.4, 0.5) is 0 Å². The maximum absolute atomic E-state index is 11.4. The second-order valence-corrected chi connectivity index (χ2v) is 7.33. The number of nitriles is 1. The number of aromatic nitrogens is 1. The minimum Gasteiger partial charge on any atom is -0.462 e. The van der Waals surface area contributed by atoms with E-state index in [1.807, 2.05) is 19.9 Å². The smallest absolute Gasteiger partial charge is 0.360 e. The van der Waals surface area contributed by atoms with Crippen LogP contribution in [0.2, 0.25) is 0 Å². The first-order chi connectivity index (χ1) is 9.32. The van der Waals surface area contributed by atoms with E-state index in [2.05, 4.69) is 4.98 Å². The van der Waals surface area contributed by atoms with E-state index in [1.54, 1.807) is 0 Å². The molecule has 106 valence electrons. The van der Waals surface area contributed by atoms with Crippen molar-refractivity contribution in [2.45, 2.75) is 20.3 Å². The molecule has 2 aromatic rings. The maximum atomic E-state index is 11.4. The van der Waals surface area contributed by atoms with Gasteiger partial charge in [-0.15, -0.1) is 11.3 Å². The summed E-state index contributed by atoms with van der Waals surface area (Å²) < 4.78 is 16.6. The third-order valence-electron chi connectivity index (χ3n) is 2.56. The monoisotopic (exact) mass is 312 g/mol. The highest BCUT2D eigenvalue weighted by Gasteiger charge is 2.28. The summed E-state index contributed by atoms with van der Waals surface area (Å²) in [6, 6.07) is 3.19. The van der Waals surface area contributed by atoms with Crippen molar-refractivity contribution in [1.29, 1.82) is 5.26 Å². The molecule has 0 saturated heterocycles. The van der Waals surface area contributed by atoms with Crippen molar-refractivity contribution >= 4 is 24.2 Å². The fourth-order valence-corrected chi connectivity index (χ4v) is 3.54. The number of thiazole rings is 1. The number of rotatable bonds is 4. The van der Waals surface area contributed by atoms with Gasteiger partial charge in [0.2, 0.25) is 0 Å². The number of furan rings is 1. The minimum absolute atomic E-state index is 0.0479. The van der Waals surface area contributed by atoms with Crippen molar-refractivity contribution < 1.29 is 18.8 Å². The normalized spacial score (nSPS) is 11.8. The predicted octanol–water partition coefficient (Wildman–Crippen LogP) is 2.28. The summed E-state index contributed by atoms with van der Waals surface area (Å²) in [4.78, 5) is 23.5. The van der Waals surface area contributed by atoms with Crippen molar-refractivity contribution in [3.05, 3.63) is 22.2 Å². The van der Waals surface area contributed by atoms with Gasteiger partial charge in [0, 0.05) is 4.88 Å². The highest BCUT2D eigenvalue weighted by atomic mass is 32.1. The maximum Gasteiger partial charge on any atom is 0.360 e. The number of hydrogen-bond acceptors (Lipinski definition) is 5. The van der Waals surface area contributed by atoms with Gasteiger partial charge in [0.1, 0.15) is 17.1 Å².